The van der Waals surface area contributed by atoms with Crippen molar-refractivity contribution in [1.29, 1.82) is 0 Å². The molecule has 0 atom stereocenters. The molecule has 0 fully saturated rings. The normalized spacial score (nSPS) is 10.8. The molecule has 1 aromatic heterocycles. The molecule has 30 heavy (non-hydrogen) atoms. The molecule has 0 bridgehead atoms. The first-order chi connectivity index (χ1) is 14.4. The second kappa shape index (κ2) is 9.54. The lowest BCUT2D eigenvalue weighted by molar-refractivity contribution is -0.384. The molecule has 0 saturated carbocycles. The van der Waals surface area contributed by atoms with Crippen LogP contribution >= 0.6 is 11.6 Å². The van der Waals surface area contributed by atoms with Crippen molar-refractivity contribution in [3.63, 3.8) is 0 Å². The highest BCUT2D eigenvalue weighted by atomic mass is 35.5. The summed E-state index contributed by atoms with van der Waals surface area (Å²) in [6.07, 6.45) is 1.71. The van der Waals surface area contributed by atoms with Gasteiger partial charge in [0.15, 0.2) is 0 Å². The first kappa shape index (κ1) is 21.5. The van der Waals surface area contributed by atoms with Gasteiger partial charge in [0.2, 0.25) is 0 Å². The van der Waals surface area contributed by atoms with Gasteiger partial charge in [-0.3, -0.25) is 14.9 Å². The average Bonchev–Trinajstić information content (AvgIpc) is 3.18. The SMILES string of the molecule is CCCN(CCC)C(=O)c1cc(-c2ccc([N+](=O)[O-])cc2)nn1-c1cccc(Cl)c1. The zero-order valence-electron chi connectivity index (χ0n) is 16.9. The van der Waals surface area contributed by atoms with Crippen molar-refractivity contribution in [3.8, 4) is 16.9 Å². The molecule has 156 valence electrons. The summed E-state index contributed by atoms with van der Waals surface area (Å²) in [5.74, 6) is -0.112. The van der Waals surface area contributed by atoms with E-state index in [4.69, 9.17) is 11.6 Å². The van der Waals surface area contributed by atoms with Crippen LogP contribution in [0.5, 0.6) is 0 Å². The van der Waals surface area contributed by atoms with Crippen LogP contribution in [0.1, 0.15) is 37.2 Å². The molecule has 8 heteroatoms. The summed E-state index contributed by atoms with van der Waals surface area (Å²) in [6, 6.07) is 15.0. The van der Waals surface area contributed by atoms with Crippen LogP contribution in [0.15, 0.2) is 54.6 Å². The van der Waals surface area contributed by atoms with Gasteiger partial charge in [-0.05, 0) is 49.2 Å². The summed E-state index contributed by atoms with van der Waals surface area (Å²) >= 11 is 6.16. The number of nitro benzene ring substituents is 1. The highest BCUT2D eigenvalue weighted by molar-refractivity contribution is 6.30. The van der Waals surface area contributed by atoms with Crippen LogP contribution in [0.25, 0.3) is 16.9 Å². The maximum atomic E-state index is 13.3. The molecule has 0 aliphatic carbocycles. The Kier molecular flexibility index (Phi) is 6.84. The van der Waals surface area contributed by atoms with Gasteiger partial charge >= 0.3 is 0 Å². The van der Waals surface area contributed by atoms with Crippen molar-refractivity contribution in [2.24, 2.45) is 0 Å². The third kappa shape index (κ3) is 4.68. The van der Waals surface area contributed by atoms with E-state index in [1.807, 2.05) is 24.8 Å². The number of carbonyl (C=O) groups excluding carboxylic acids is 1. The number of benzene rings is 2. The minimum absolute atomic E-state index is 0.00129. The van der Waals surface area contributed by atoms with E-state index in [1.165, 1.54) is 12.1 Å². The predicted molar refractivity (Wildman–Crippen MR) is 117 cm³/mol. The maximum Gasteiger partial charge on any atom is 0.272 e. The van der Waals surface area contributed by atoms with Crippen molar-refractivity contribution in [2.75, 3.05) is 13.1 Å². The van der Waals surface area contributed by atoms with Crippen LogP contribution in [0.2, 0.25) is 5.02 Å². The number of hydrogen-bond acceptors (Lipinski definition) is 4. The predicted octanol–water partition coefficient (Wildman–Crippen LogP) is 5.36. The lowest BCUT2D eigenvalue weighted by Crippen LogP contribution is -2.33. The second-order valence-corrected chi connectivity index (χ2v) is 7.34. The Hall–Kier alpha value is -3.19. The maximum absolute atomic E-state index is 13.3. The van der Waals surface area contributed by atoms with Crippen molar-refractivity contribution in [3.05, 3.63) is 75.4 Å². The first-order valence-electron chi connectivity index (χ1n) is 9.84. The molecule has 0 spiro atoms. The quantitative estimate of drug-likeness (QED) is 0.358. The number of rotatable bonds is 8. The molecule has 0 radical (unpaired) electrons. The van der Waals surface area contributed by atoms with Gasteiger partial charge in [0.1, 0.15) is 5.69 Å². The van der Waals surface area contributed by atoms with E-state index in [9.17, 15) is 14.9 Å². The van der Waals surface area contributed by atoms with Crippen LogP contribution in [-0.4, -0.2) is 38.6 Å². The zero-order chi connectivity index (χ0) is 21.7. The second-order valence-electron chi connectivity index (χ2n) is 6.90. The van der Waals surface area contributed by atoms with Gasteiger partial charge in [-0.2, -0.15) is 5.10 Å². The van der Waals surface area contributed by atoms with E-state index >= 15 is 0 Å². The lowest BCUT2D eigenvalue weighted by atomic mass is 10.1. The number of halogens is 1. The molecule has 3 aromatic rings. The molecule has 0 saturated heterocycles. The van der Waals surface area contributed by atoms with E-state index in [2.05, 4.69) is 5.10 Å². The molecular formula is C22H23ClN4O3. The highest BCUT2D eigenvalue weighted by Crippen LogP contribution is 2.26. The summed E-state index contributed by atoms with van der Waals surface area (Å²) in [7, 11) is 0. The largest absolute Gasteiger partial charge is 0.337 e. The van der Waals surface area contributed by atoms with Gasteiger partial charge in [-0.1, -0.05) is 31.5 Å². The third-order valence-electron chi connectivity index (χ3n) is 4.63. The van der Waals surface area contributed by atoms with Gasteiger partial charge in [0.05, 0.1) is 16.3 Å². The van der Waals surface area contributed by atoms with Gasteiger partial charge in [-0.15, -0.1) is 0 Å². The zero-order valence-corrected chi connectivity index (χ0v) is 17.7. The van der Waals surface area contributed by atoms with Crippen molar-refractivity contribution < 1.29 is 9.72 Å². The fourth-order valence-corrected chi connectivity index (χ4v) is 3.43. The standard InChI is InChI=1S/C22H23ClN4O3/c1-3-12-25(13-4-2)22(28)21-15-20(16-8-10-18(11-9-16)27(29)30)24-26(21)19-7-5-6-17(23)14-19/h5-11,14-15H,3-4,12-13H2,1-2H3. The Morgan fingerprint density at radius 3 is 2.33 bits per heavy atom. The Morgan fingerprint density at radius 1 is 1.10 bits per heavy atom. The summed E-state index contributed by atoms with van der Waals surface area (Å²) in [6.45, 7) is 5.37. The van der Waals surface area contributed by atoms with Crippen molar-refractivity contribution in [2.45, 2.75) is 26.7 Å². The number of nitro groups is 1. The molecule has 0 aliphatic heterocycles. The fraction of sp³-hybridized carbons (Fsp3) is 0.273. The molecule has 0 aliphatic rings. The summed E-state index contributed by atoms with van der Waals surface area (Å²) < 4.78 is 1.59. The monoisotopic (exact) mass is 426 g/mol. The number of aromatic nitrogens is 2. The van der Waals surface area contributed by atoms with Gasteiger partial charge in [-0.25, -0.2) is 4.68 Å². The Balaban J connectivity index is 2.09. The Morgan fingerprint density at radius 2 is 1.77 bits per heavy atom. The van der Waals surface area contributed by atoms with Crippen molar-refractivity contribution in [1.82, 2.24) is 14.7 Å². The van der Waals surface area contributed by atoms with Crippen LogP contribution in [-0.2, 0) is 0 Å². The molecule has 1 amide bonds. The molecule has 2 aromatic carbocycles. The van der Waals surface area contributed by atoms with Crippen LogP contribution < -0.4 is 0 Å². The Bertz CT molecular complexity index is 1040. The van der Waals surface area contributed by atoms with Crippen LogP contribution in [0.3, 0.4) is 0 Å². The van der Waals surface area contributed by atoms with Gasteiger partial charge in [0, 0.05) is 35.8 Å². The summed E-state index contributed by atoms with van der Waals surface area (Å²) in [4.78, 5) is 25.6. The van der Waals surface area contributed by atoms with Crippen LogP contribution in [0, 0.1) is 10.1 Å². The molecule has 0 N–H and O–H groups in total. The van der Waals surface area contributed by atoms with E-state index in [0.717, 1.165) is 12.8 Å². The molecule has 0 unspecified atom stereocenters. The van der Waals surface area contributed by atoms with E-state index in [1.54, 1.807) is 41.1 Å². The van der Waals surface area contributed by atoms with Gasteiger partial charge in [0.25, 0.3) is 11.6 Å². The molecular weight excluding hydrogens is 404 g/mol. The fourth-order valence-electron chi connectivity index (χ4n) is 3.25. The topological polar surface area (TPSA) is 81.3 Å². The highest BCUT2D eigenvalue weighted by Gasteiger charge is 2.22. The average molecular weight is 427 g/mol. The van der Waals surface area contributed by atoms with Crippen LogP contribution in [0.4, 0.5) is 5.69 Å². The minimum Gasteiger partial charge on any atom is -0.337 e. The molecule has 3 rings (SSSR count). The van der Waals surface area contributed by atoms with Gasteiger partial charge < -0.3 is 4.90 Å². The summed E-state index contributed by atoms with van der Waals surface area (Å²) in [5.41, 5.74) is 2.34. The summed E-state index contributed by atoms with van der Waals surface area (Å²) in [5, 5.41) is 16.1. The van der Waals surface area contributed by atoms with E-state index in [-0.39, 0.29) is 11.6 Å². The molecule has 7 nitrogen and oxygen atoms in total. The number of amides is 1. The minimum atomic E-state index is -0.448. The lowest BCUT2D eigenvalue weighted by Gasteiger charge is -2.21. The Labute approximate surface area is 180 Å². The first-order valence-corrected chi connectivity index (χ1v) is 10.2. The number of nitrogens with zero attached hydrogens (tertiary/aromatic N) is 4. The van der Waals surface area contributed by atoms with Crippen molar-refractivity contribution >= 4 is 23.2 Å². The number of non-ortho nitro benzene ring substituents is 1. The molecule has 1 heterocycles. The smallest absolute Gasteiger partial charge is 0.272 e. The van der Waals surface area contributed by atoms with E-state index in [0.29, 0.717) is 40.8 Å². The number of carbonyl (C=O) groups is 1. The van der Waals surface area contributed by atoms with E-state index < -0.39 is 4.92 Å². The third-order valence-corrected chi connectivity index (χ3v) is 4.86. The number of hydrogen-bond donors (Lipinski definition) is 0.